The van der Waals surface area contributed by atoms with Crippen LogP contribution in [0.5, 0.6) is 0 Å². The molecule has 1 aromatic rings. The van der Waals surface area contributed by atoms with Gasteiger partial charge >= 0.3 is 11.8 Å². The molecule has 0 radical (unpaired) electrons. The number of nitrogens with zero attached hydrogens (tertiary/aromatic N) is 1. The molecule has 17 heavy (non-hydrogen) atoms. The third-order valence-corrected chi connectivity index (χ3v) is 2.33. The van der Waals surface area contributed by atoms with E-state index in [4.69, 9.17) is 0 Å². The molecule has 92 valence electrons. The number of aromatic nitrogens is 1. The highest BCUT2D eigenvalue weighted by Crippen LogP contribution is 2.03. The van der Waals surface area contributed by atoms with Gasteiger partial charge in [-0.05, 0) is 32.4 Å². The molecule has 5 heteroatoms. The first kappa shape index (κ1) is 13.2. The Kier molecular flexibility index (Phi) is 4.63. The predicted molar refractivity (Wildman–Crippen MR) is 65.5 cm³/mol. The summed E-state index contributed by atoms with van der Waals surface area (Å²) in [5.74, 6) is -0.944. The first-order chi connectivity index (χ1) is 8.02. The third kappa shape index (κ3) is 4.22. The van der Waals surface area contributed by atoms with E-state index in [0.29, 0.717) is 5.82 Å². The number of carbonyl (C=O) groups excluding carboxylic acids is 2. The summed E-state index contributed by atoms with van der Waals surface area (Å²) in [6, 6.07) is 5.21. The molecule has 0 aromatic carbocycles. The number of hydrogen-bond donors (Lipinski definition) is 2. The molecule has 1 aromatic heterocycles. The fourth-order valence-corrected chi connectivity index (χ4v) is 1.18. The summed E-state index contributed by atoms with van der Waals surface area (Å²) in [6.45, 7) is 5.59. The second-order valence-corrected chi connectivity index (χ2v) is 3.90. The van der Waals surface area contributed by atoms with Crippen molar-refractivity contribution in [3.63, 3.8) is 0 Å². The number of amides is 2. The number of carbonyl (C=O) groups is 2. The average Bonchev–Trinajstić information content (AvgIpc) is 2.28. The SMILES string of the molecule is CCC(C)NC(=O)C(=O)Nc1cccc(C)n1. The van der Waals surface area contributed by atoms with Crippen molar-refractivity contribution in [2.45, 2.75) is 33.2 Å². The molecule has 0 aliphatic heterocycles. The van der Waals surface area contributed by atoms with Gasteiger partial charge in [0.15, 0.2) is 0 Å². The van der Waals surface area contributed by atoms with Crippen molar-refractivity contribution in [1.29, 1.82) is 0 Å². The van der Waals surface area contributed by atoms with Gasteiger partial charge in [0, 0.05) is 11.7 Å². The summed E-state index contributed by atoms with van der Waals surface area (Å²) in [5.41, 5.74) is 0.783. The van der Waals surface area contributed by atoms with Crippen LogP contribution in [0.25, 0.3) is 0 Å². The largest absolute Gasteiger partial charge is 0.345 e. The van der Waals surface area contributed by atoms with Gasteiger partial charge in [-0.1, -0.05) is 13.0 Å². The van der Waals surface area contributed by atoms with Crippen LogP contribution in [0.2, 0.25) is 0 Å². The highest BCUT2D eigenvalue weighted by atomic mass is 16.2. The van der Waals surface area contributed by atoms with Crippen molar-refractivity contribution >= 4 is 17.6 Å². The summed E-state index contributed by atoms with van der Waals surface area (Å²) >= 11 is 0. The molecule has 5 nitrogen and oxygen atoms in total. The molecule has 2 N–H and O–H groups in total. The third-order valence-electron chi connectivity index (χ3n) is 2.33. The van der Waals surface area contributed by atoms with Crippen molar-refractivity contribution < 1.29 is 9.59 Å². The lowest BCUT2D eigenvalue weighted by Crippen LogP contribution is -2.40. The van der Waals surface area contributed by atoms with Crippen molar-refractivity contribution in [1.82, 2.24) is 10.3 Å². The normalized spacial score (nSPS) is 11.7. The van der Waals surface area contributed by atoms with Gasteiger partial charge in [0.1, 0.15) is 5.82 Å². The maximum atomic E-state index is 11.5. The maximum absolute atomic E-state index is 11.5. The Balaban J connectivity index is 2.57. The van der Waals surface area contributed by atoms with Crippen LogP contribution in [0.15, 0.2) is 18.2 Å². The molecule has 0 bridgehead atoms. The van der Waals surface area contributed by atoms with E-state index >= 15 is 0 Å². The molecule has 1 unspecified atom stereocenters. The quantitative estimate of drug-likeness (QED) is 0.774. The lowest BCUT2D eigenvalue weighted by Gasteiger charge is -2.10. The van der Waals surface area contributed by atoms with Crippen LogP contribution >= 0.6 is 0 Å². The van der Waals surface area contributed by atoms with E-state index in [1.807, 2.05) is 26.8 Å². The Morgan fingerprint density at radius 2 is 2.06 bits per heavy atom. The summed E-state index contributed by atoms with van der Waals surface area (Å²) in [6.07, 6.45) is 0.779. The summed E-state index contributed by atoms with van der Waals surface area (Å²) in [4.78, 5) is 27.0. The van der Waals surface area contributed by atoms with Gasteiger partial charge in [0.25, 0.3) is 0 Å². The molecule has 0 aliphatic carbocycles. The fourth-order valence-electron chi connectivity index (χ4n) is 1.18. The molecule has 2 amide bonds. The van der Waals surface area contributed by atoms with Crippen molar-refractivity contribution in [3.05, 3.63) is 23.9 Å². The Labute approximate surface area is 101 Å². The van der Waals surface area contributed by atoms with Crippen LogP contribution in [0.3, 0.4) is 0 Å². The monoisotopic (exact) mass is 235 g/mol. The highest BCUT2D eigenvalue weighted by molar-refractivity contribution is 6.39. The maximum Gasteiger partial charge on any atom is 0.314 e. The van der Waals surface area contributed by atoms with Crippen LogP contribution in [-0.2, 0) is 9.59 Å². The van der Waals surface area contributed by atoms with Crippen LogP contribution < -0.4 is 10.6 Å². The van der Waals surface area contributed by atoms with E-state index in [1.165, 1.54) is 0 Å². The highest BCUT2D eigenvalue weighted by Gasteiger charge is 2.15. The van der Waals surface area contributed by atoms with Gasteiger partial charge in [-0.3, -0.25) is 9.59 Å². The topological polar surface area (TPSA) is 71.1 Å². The van der Waals surface area contributed by atoms with Gasteiger partial charge in [-0.15, -0.1) is 0 Å². The predicted octanol–water partition coefficient (Wildman–Crippen LogP) is 1.24. The van der Waals surface area contributed by atoms with Crippen molar-refractivity contribution in [2.24, 2.45) is 0 Å². The zero-order chi connectivity index (χ0) is 12.8. The zero-order valence-electron chi connectivity index (χ0n) is 10.3. The Morgan fingerprint density at radius 1 is 1.35 bits per heavy atom. The van der Waals surface area contributed by atoms with E-state index < -0.39 is 11.8 Å². The molecule has 0 saturated heterocycles. The van der Waals surface area contributed by atoms with E-state index in [0.717, 1.165) is 12.1 Å². The molecular weight excluding hydrogens is 218 g/mol. The van der Waals surface area contributed by atoms with E-state index in [9.17, 15) is 9.59 Å². The first-order valence-electron chi connectivity index (χ1n) is 5.58. The molecule has 1 heterocycles. The molecule has 0 fully saturated rings. The summed E-state index contributed by atoms with van der Waals surface area (Å²) in [5, 5.41) is 5.04. The van der Waals surface area contributed by atoms with Crippen molar-refractivity contribution in [3.8, 4) is 0 Å². The lowest BCUT2D eigenvalue weighted by atomic mass is 10.2. The van der Waals surface area contributed by atoms with Crippen LogP contribution in [0, 0.1) is 6.92 Å². The van der Waals surface area contributed by atoms with Gasteiger partial charge in [-0.25, -0.2) is 4.98 Å². The summed E-state index contributed by atoms with van der Waals surface area (Å²) in [7, 11) is 0. The van der Waals surface area contributed by atoms with Crippen molar-refractivity contribution in [2.75, 3.05) is 5.32 Å². The van der Waals surface area contributed by atoms with Gasteiger partial charge in [-0.2, -0.15) is 0 Å². The smallest absolute Gasteiger partial charge is 0.314 e. The fraction of sp³-hybridized carbons (Fsp3) is 0.417. The van der Waals surface area contributed by atoms with Gasteiger partial charge in [0.2, 0.25) is 0 Å². The van der Waals surface area contributed by atoms with E-state index in [-0.39, 0.29) is 6.04 Å². The first-order valence-corrected chi connectivity index (χ1v) is 5.58. The number of pyridine rings is 1. The molecule has 0 saturated carbocycles. The molecule has 1 rings (SSSR count). The Bertz CT molecular complexity index is 418. The number of rotatable bonds is 3. The van der Waals surface area contributed by atoms with Gasteiger partial charge in [0.05, 0.1) is 0 Å². The van der Waals surface area contributed by atoms with Crippen LogP contribution in [0.1, 0.15) is 26.0 Å². The lowest BCUT2D eigenvalue weighted by molar-refractivity contribution is -0.136. The van der Waals surface area contributed by atoms with E-state index in [2.05, 4.69) is 15.6 Å². The second kappa shape index (κ2) is 5.98. The standard InChI is InChI=1S/C12H17N3O2/c1-4-8(2)14-11(16)12(17)15-10-7-5-6-9(3)13-10/h5-8H,4H2,1-3H3,(H,14,16)(H,13,15,17). The molecule has 0 spiro atoms. The molecule has 0 aliphatic rings. The number of hydrogen-bond acceptors (Lipinski definition) is 3. The minimum absolute atomic E-state index is 0.0151. The molecular formula is C12H17N3O2. The Morgan fingerprint density at radius 3 is 2.65 bits per heavy atom. The summed E-state index contributed by atoms with van der Waals surface area (Å²) < 4.78 is 0. The number of nitrogens with one attached hydrogen (secondary N) is 2. The number of aryl methyl sites for hydroxylation is 1. The average molecular weight is 235 g/mol. The second-order valence-electron chi connectivity index (χ2n) is 3.90. The van der Waals surface area contributed by atoms with Crippen LogP contribution in [0.4, 0.5) is 5.82 Å². The number of anilines is 1. The van der Waals surface area contributed by atoms with E-state index in [1.54, 1.807) is 12.1 Å². The minimum Gasteiger partial charge on any atom is -0.345 e. The molecule has 1 atom stereocenters. The van der Waals surface area contributed by atoms with Crippen LogP contribution in [-0.4, -0.2) is 22.8 Å². The zero-order valence-corrected chi connectivity index (χ0v) is 10.3. The van der Waals surface area contributed by atoms with Gasteiger partial charge < -0.3 is 10.6 Å². The Hall–Kier alpha value is -1.91. The minimum atomic E-state index is -0.691.